The van der Waals surface area contributed by atoms with Crippen LogP contribution in [0.1, 0.15) is 37.6 Å². The Morgan fingerprint density at radius 1 is 1.12 bits per heavy atom. The van der Waals surface area contributed by atoms with Crippen LogP contribution in [0, 0.1) is 5.92 Å². The molecule has 2 atom stereocenters. The molecule has 2 unspecified atom stereocenters. The third-order valence-electron chi connectivity index (χ3n) is 3.79. The van der Waals surface area contributed by atoms with Gasteiger partial charge in [0.25, 0.3) is 0 Å². The van der Waals surface area contributed by atoms with Gasteiger partial charge < -0.3 is 14.4 Å². The fourth-order valence-corrected chi connectivity index (χ4v) is 2.72. The van der Waals surface area contributed by atoms with Gasteiger partial charge in [-0.05, 0) is 32.9 Å². The topological polar surface area (TPSA) is 55.8 Å². The van der Waals surface area contributed by atoms with Gasteiger partial charge in [-0.2, -0.15) is 13.2 Å². The van der Waals surface area contributed by atoms with Crippen LogP contribution >= 0.6 is 0 Å². The van der Waals surface area contributed by atoms with Gasteiger partial charge in [-0.15, -0.1) is 0 Å². The molecule has 1 amide bonds. The smallest absolute Gasteiger partial charge is 0.410 e. The Balaban J connectivity index is 2.10. The van der Waals surface area contributed by atoms with Crippen molar-refractivity contribution in [2.24, 2.45) is 5.92 Å². The number of amides is 1. The molecule has 1 aliphatic rings. The minimum absolute atomic E-state index is 0.131. The van der Waals surface area contributed by atoms with Crippen LogP contribution in [0.4, 0.5) is 18.0 Å². The average Bonchev–Trinajstić information content (AvgIpc) is 2.87. The molecule has 0 aliphatic carbocycles. The molecule has 0 aromatic heterocycles. The summed E-state index contributed by atoms with van der Waals surface area (Å²) in [6, 6.07) is 8.00. The molecule has 1 aromatic rings. The average molecular weight is 373 g/mol. The first kappa shape index (κ1) is 20.1. The number of halogens is 3. The van der Waals surface area contributed by atoms with E-state index in [2.05, 4.69) is 0 Å². The van der Waals surface area contributed by atoms with Gasteiger partial charge in [0.2, 0.25) is 0 Å². The van der Waals surface area contributed by atoms with Gasteiger partial charge in [-0.1, -0.05) is 18.2 Å². The predicted octanol–water partition coefficient (Wildman–Crippen LogP) is 4.03. The van der Waals surface area contributed by atoms with Crippen LogP contribution in [0.2, 0.25) is 0 Å². The third kappa shape index (κ3) is 5.93. The van der Waals surface area contributed by atoms with Crippen molar-refractivity contribution in [2.75, 3.05) is 13.1 Å². The van der Waals surface area contributed by atoms with Gasteiger partial charge in [-0.25, -0.2) is 9.59 Å². The predicted molar refractivity (Wildman–Crippen MR) is 87.6 cm³/mol. The Kier molecular flexibility index (Phi) is 5.83. The molecule has 0 N–H and O–H groups in total. The van der Waals surface area contributed by atoms with Crippen molar-refractivity contribution in [1.29, 1.82) is 0 Å². The van der Waals surface area contributed by atoms with Gasteiger partial charge in [0, 0.05) is 12.5 Å². The van der Waals surface area contributed by atoms with Crippen LogP contribution in [-0.2, 0) is 9.47 Å². The quantitative estimate of drug-likeness (QED) is 0.751. The number of hydrogen-bond donors (Lipinski definition) is 0. The van der Waals surface area contributed by atoms with Crippen molar-refractivity contribution in [1.82, 2.24) is 4.90 Å². The van der Waals surface area contributed by atoms with Gasteiger partial charge in [0.05, 0.1) is 18.5 Å². The molecular formula is C18H22F3NO4. The molecule has 8 heteroatoms. The number of carbonyl (C=O) groups excluding carboxylic acids is 2. The fourth-order valence-electron chi connectivity index (χ4n) is 2.72. The van der Waals surface area contributed by atoms with E-state index in [4.69, 9.17) is 9.47 Å². The van der Waals surface area contributed by atoms with Crippen LogP contribution in [-0.4, -0.2) is 47.9 Å². The van der Waals surface area contributed by atoms with E-state index in [1.807, 2.05) is 0 Å². The van der Waals surface area contributed by atoms with Gasteiger partial charge in [0.1, 0.15) is 11.7 Å². The zero-order valence-corrected chi connectivity index (χ0v) is 14.9. The summed E-state index contributed by atoms with van der Waals surface area (Å²) >= 11 is 0. The van der Waals surface area contributed by atoms with E-state index in [-0.39, 0.29) is 18.7 Å². The summed E-state index contributed by atoms with van der Waals surface area (Å²) in [4.78, 5) is 25.5. The molecule has 0 saturated carbocycles. The van der Waals surface area contributed by atoms with E-state index >= 15 is 0 Å². The monoisotopic (exact) mass is 373 g/mol. The summed E-state index contributed by atoms with van der Waals surface area (Å²) < 4.78 is 49.1. The standard InChI is InChI=1S/C18H22F3NO4/c1-17(2,3)26-16(24)22-10-13(9-18(19,20)21)14(11-22)25-15(23)12-7-5-4-6-8-12/h4-8,13-14H,9-11H2,1-3H3. The van der Waals surface area contributed by atoms with Crippen LogP contribution in [0.15, 0.2) is 30.3 Å². The lowest BCUT2D eigenvalue weighted by Gasteiger charge is -2.24. The highest BCUT2D eigenvalue weighted by atomic mass is 19.4. The van der Waals surface area contributed by atoms with E-state index in [9.17, 15) is 22.8 Å². The van der Waals surface area contributed by atoms with Crippen molar-refractivity contribution in [2.45, 2.75) is 45.1 Å². The number of alkyl halides is 3. The first-order chi connectivity index (χ1) is 11.9. The van der Waals surface area contributed by atoms with Crippen LogP contribution < -0.4 is 0 Å². The van der Waals surface area contributed by atoms with Gasteiger partial charge in [0.15, 0.2) is 0 Å². The van der Waals surface area contributed by atoms with E-state index in [1.165, 1.54) is 12.1 Å². The number of benzene rings is 1. The molecule has 0 bridgehead atoms. The number of nitrogens with zero attached hydrogens (tertiary/aromatic N) is 1. The maximum absolute atomic E-state index is 12.9. The van der Waals surface area contributed by atoms with Crippen LogP contribution in [0.5, 0.6) is 0 Å². The molecule has 5 nitrogen and oxygen atoms in total. The molecular weight excluding hydrogens is 351 g/mol. The number of hydrogen-bond acceptors (Lipinski definition) is 4. The molecule has 1 aromatic carbocycles. The maximum atomic E-state index is 12.9. The summed E-state index contributed by atoms with van der Waals surface area (Å²) in [5.41, 5.74) is -0.524. The molecule has 26 heavy (non-hydrogen) atoms. The number of ether oxygens (including phenoxy) is 2. The van der Waals surface area contributed by atoms with E-state index in [1.54, 1.807) is 39.0 Å². The summed E-state index contributed by atoms with van der Waals surface area (Å²) in [6.45, 7) is 4.69. The lowest BCUT2D eigenvalue weighted by atomic mass is 10.0. The van der Waals surface area contributed by atoms with Crippen molar-refractivity contribution >= 4 is 12.1 Å². The second-order valence-corrected chi connectivity index (χ2v) is 7.27. The second kappa shape index (κ2) is 7.55. The second-order valence-electron chi connectivity index (χ2n) is 7.27. The molecule has 0 spiro atoms. The number of carbonyl (C=O) groups is 2. The Labute approximate surface area is 150 Å². The van der Waals surface area contributed by atoms with Gasteiger partial charge >= 0.3 is 18.2 Å². The van der Waals surface area contributed by atoms with Gasteiger partial charge in [-0.3, -0.25) is 0 Å². The summed E-state index contributed by atoms with van der Waals surface area (Å²) in [5.74, 6) is -1.75. The zero-order chi connectivity index (χ0) is 19.5. The summed E-state index contributed by atoms with van der Waals surface area (Å²) in [5, 5.41) is 0. The van der Waals surface area contributed by atoms with E-state index in [0.717, 1.165) is 4.90 Å². The molecule has 1 aliphatic heterocycles. The minimum atomic E-state index is -4.42. The highest BCUT2D eigenvalue weighted by Gasteiger charge is 2.45. The van der Waals surface area contributed by atoms with Crippen molar-refractivity contribution in [3.8, 4) is 0 Å². The zero-order valence-electron chi connectivity index (χ0n) is 14.9. The lowest BCUT2D eigenvalue weighted by Crippen LogP contribution is -2.36. The van der Waals surface area contributed by atoms with Crippen LogP contribution in [0.3, 0.4) is 0 Å². The first-order valence-electron chi connectivity index (χ1n) is 8.25. The summed E-state index contributed by atoms with van der Waals surface area (Å²) in [6.07, 6.45) is -7.33. The third-order valence-corrected chi connectivity index (χ3v) is 3.79. The molecule has 144 valence electrons. The molecule has 1 heterocycles. The van der Waals surface area contributed by atoms with E-state index < -0.39 is 42.3 Å². The lowest BCUT2D eigenvalue weighted by molar-refractivity contribution is -0.149. The fraction of sp³-hybridized carbons (Fsp3) is 0.556. The number of likely N-dealkylation sites (tertiary alicyclic amines) is 1. The molecule has 0 radical (unpaired) electrons. The maximum Gasteiger partial charge on any atom is 0.410 e. The Morgan fingerprint density at radius 3 is 2.27 bits per heavy atom. The van der Waals surface area contributed by atoms with E-state index in [0.29, 0.717) is 0 Å². The van der Waals surface area contributed by atoms with Crippen LogP contribution in [0.25, 0.3) is 0 Å². The normalized spacial score (nSPS) is 20.8. The number of esters is 1. The Bertz CT molecular complexity index is 640. The Hall–Kier alpha value is -2.25. The minimum Gasteiger partial charge on any atom is -0.457 e. The van der Waals surface area contributed by atoms with Crippen molar-refractivity contribution in [3.63, 3.8) is 0 Å². The molecule has 1 saturated heterocycles. The highest BCUT2D eigenvalue weighted by molar-refractivity contribution is 5.89. The highest BCUT2D eigenvalue weighted by Crippen LogP contribution is 2.33. The number of rotatable bonds is 3. The van der Waals surface area contributed by atoms with Crippen molar-refractivity contribution in [3.05, 3.63) is 35.9 Å². The SMILES string of the molecule is CC(C)(C)OC(=O)N1CC(CC(F)(F)F)C(OC(=O)c2ccccc2)C1. The molecule has 2 rings (SSSR count). The first-order valence-corrected chi connectivity index (χ1v) is 8.25. The Morgan fingerprint density at radius 2 is 1.73 bits per heavy atom. The largest absolute Gasteiger partial charge is 0.457 e. The summed E-state index contributed by atoms with van der Waals surface area (Å²) in [7, 11) is 0. The molecule has 1 fully saturated rings. The van der Waals surface area contributed by atoms with Crippen molar-refractivity contribution < 1.29 is 32.2 Å².